The second kappa shape index (κ2) is 10.1. The maximum atomic E-state index is 5.33. The van der Waals surface area contributed by atoms with Crippen LogP contribution in [0.4, 0.5) is 0 Å². The van der Waals surface area contributed by atoms with Crippen LogP contribution in [0.2, 0.25) is 0 Å². The van der Waals surface area contributed by atoms with Crippen LogP contribution in [-0.2, 0) is 0 Å². The highest BCUT2D eigenvalue weighted by atomic mass is 16.5. The van der Waals surface area contributed by atoms with E-state index in [1.165, 1.54) is 5.56 Å². The van der Waals surface area contributed by atoms with Crippen molar-refractivity contribution in [2.24, 2.45) is 10.9 Å². The lowest BCUT2D eigenvalue weighted by atomic mass is 10.1. The largest absolute Gasteiger partial charge is 0.497 e. The minimum Gasteiger partial charge on any atom is -0.497 e. The molecule has 0 radical (unpaired) electrons. The van der Waals surface area contributed by atoms with Crippen molar-refractivity contribution in [1.82, 2.24) is 15.5 Å². The van der Waals surface area contributed by atoms with Gasteiger partial charge in [0.15, 0.2) is 5.96 Å². The van der Waals surface area contributed by atoms with E-state index >= 15 is 0 Å². The summed E-state index contributed by atoms with van der Waals surface area (Å²) in [6.45, 7) is 6.16. The van der Waals surface area contributed by atoms with Gasteiger partial charge in [0, 0.05) is 20.1 Å². The molecule has 1 rings (SSSR count). The number of nitrogens with one attached hydrogen (secondary N) is 2. The van der Waals surface area contributed by atoms with E-state index in [0.717, 1.165) is 31.2 Å². The zero-order valence-corrected chi connectivity index (χ0v) is 15.4. The first-order valence-corrected chi connectivity index (χ1v) is 8.22. The van der Waals surface area contributed by atoms with Gasteiger partial charge in [0.1, 0.15) is 5.75 Å². The minimum atomic E-state index is 0.244. The molecule has 0 fully saturated rings. The maximum Gasteiger partial charge on any atom is 0.191 e. The first-order valence-electron chi connectivity index (χ1n) is 8.22. The number of rotatable bonds is 8. The molecular weight excluding hydrogens is 288 g/mol. The summed E-state index contributed by atoms with van der Waals surface area (Å²) in [6, 6.07) is 8.45. The van der Waals surface area contributed by atoms with Gasteiger partial charge in [-0.05, 0) is 44.1 Å². The van der Waals surface area contributed by atoms with Crippen LogP contribution in [-0.4, -0.2) is 52.2 Å². The second-order valence-corrected chi connectivity index (χ2v) is 6.32. The van der Waals surface area contributed by atoms with E-state index in [2.05, 4.69) is 60.6 Å². The minimum absolute atomic E-state index is 0.244. The molecule has 0 aliphatic heterocycles. The van der Waals surface area contributed by atoms with Gasteiger partial charge in [0.05, 0.1) is 13.2 Å². The molecule has 2 N–H and O–H groups in total. The summed E-state index contributed by atoms with van der Waals surface area (Å²) in [5.41, 5.74) is 1.22. The lowest BCUT2D eigenvalue weighted by molar-refractivity contribution is 0.297. The summed E-state index contributed by atoms with van der Waals surface area (Å²) in [5.74, 6) is 2.42. The summed E-state index contributed by atoms with van der Waals surface area (Å²) >= 11 is 0. The van der Waals surface area contributed by atoms with Gasteiger partial charge in [-0.3, -0.25) is 4.99 Å². The van der Waals surface area contributed by atoms with E-state index in [-0.39, 0.29) is 6.04 Å². The van der Waals surface area contributed by atoms with E-state index in [9.17, 15) is 0 Å². The summed E-state index contributed by atoms with van der Waals surface area (Å²) in [6.07, 6.45) is 1.13. The van der Waals surface area contributed by atoms with Crippen molar-refractivity contribution in [3.63, 3.8) is 0 Å². The molecule has 5 heteroatoms. The van der Waals surface area contributed by atoms with Gasteiger partial charge in [-0.15, -0.1) is 0 Å². The third-order valence-corrected chi connectivity index (χ3v) is 3.80. The Bertz CT molecular complexity index is 486. The lowest BCUT2D eigenvalue weighted by Gasteiger charge is -2.26. The number of hydrogen-bond donors (Lipinski definition) is 2. The SMILES string of the molecule is CN=C(NCCC(C)C)NCC(c1cccc(OC)c1)N(C)C. The molecule has 1 aromatic carbocycles. The lowest BCUT2D eigenvalue weighted by Crippen LogP contribution is -2.42. The number of likely N-dealkylation sites (N-methyl/N-ethyl adjacent to an activating group) is 1. The number of ether oxygens (including phenoxy) is 1. The summed E-state index contributed by atoms with van der Waals surface area (Å²) < 4.78 is 5.33. The number of aliphatic imine (C=N–C) groups is 1. The number of hydrogen-bond acceptors (Lipinski definition) is 3. The normalized spacial score (nSPS) is 13.3. The average Bonchev–Trinajstić information content (AvgIpc) is 2.53. The molecule has 0 aromatic heterocycles. The van der Waals surface area contributed by atoms with Gasteiger partial charge in [-0.1, -0.05) is 26.0 Å². The van der Waals surface area contributed by atoms with Crippen molar-refractivity contribution in [3.05, 3.63) is 29.8 Å². The molecule has 0 saturated carbocycles. The van der Waals surface area contributed by atoms with E-state index in [1.54, 1.807) is 14.2 Å². The fourth-order valence-electron chi connectivity index (χ4n) is 2.34. The van der Waals surface area contributed by atoms with Crippen LogP contribution in [0.3, 0.4) is 0 Å². The van der Waals surface area contributed by atoms with Gasteiger partial charge in [-0.25, -0.2) is 0 Å². The molecule has 5 nitrogen and oxygen atoms in total. The molecule has 0 aliphatic rings. The maximum absolute atomic E-state index is 5.33. The smallest absolute Gasteiger partial charge is 0.191 e. The van der Waals surface area contributed by atoms with Gasteiger partial charge < -0.3 is 20.3 Å². The van der Waals surface area contributed by atoms with Crippen molar-refractivity contribution < 1.29 is 4.74 Å². The second-order valence-electron chi connectivity index (χ2n) is 6.32. The fourth-order valence-corrected chi connectivity index (χ4v) is 2.34. The predicted molar refractivity (Wildman–Crippen MR) is 98.2 cm³/mol. The van der Waals surface area contributed by atoms with Crippen LogP contribution < -0.4 is 15.4 Å². The Morgan fingerprint density at radius 3 is 2.57 bits per heavy atom. The third-order valence-electron chi connectivity index (χ3n) is 3.80. The first-order chi connectivity index (χ1) is 11.0. The molecule has 130 valence electrons. The Morgan fingerprint density at radius 1 is 1.26 bits per heavy atom. The van der Waals surface area contributed by atoms with Crippen LogP contribution >= 0.6 is 0 Å². The zero-order chi connectivity index (χ0) is 17.2. The van der Waals surface area contributed by atoms with E-state index in [0.29, 0.717) is 5.92 Å². The van der Waals surface area contributed by atoms with Crippen molar-refractivity contribution in [2.45, 2.75) is 26.3 Å². The van der Waals surface area contributed by atoms with Crippen molar-refractivity contribution in [3.8, 4) is 5.75 Å². The van der Waals surface area contributed by atoms with Gasteiger partial charge in [0.2, 0.25) is 0 Å². The third kappa shape index (κ3) is 6.91. The topological polar surface area (TPSA) is 48.9 Å². The van der Waals surface area contributed by atoms with Crippen LogP contribution in [0, 0.1) is 5.92 Å². The molecule has 1 atom stereocenters. The molecule has 0 bridgehead atoms. The summed E-state index contributed by atoms with van der Waals surface area (Å²) in [7, 11) is 7.67. The number of methoxy groups -OCH3 is 1. The number of benzene rings is 1. The Hall–Kier alpha value is -1.75. The van der Waals surface area contributed by atoms with Gasteiger partial charge >= 0.3 is 0 Å². The van der Waals surface area contributed by atoms with Crippen molar-refractivity contribution in [2.75, 3.05) is 41.3 Å². The number of guanidine groups is 1. The standard InChI is InChI=1S/C18H32N4O/c1-14(2)10-11-20-18(19-3)21-13-17(22(4)5)15-8-7-9-16(12-15)23-6/h7-9,12,14,17H,10-11,13H2,1-6H3,(H2,19,20,21). The molecule has 0 heterocycles. The predicted octanol–water partition coefficient (Wildman–Crippen LogP) is 2.51. The zero-order valence-electron chi connectivity index (χ0n) is 15.4. The highest BCUT2D eigenvalue weighted by molar-refractivity contribution is 5.79. The van der Waals surface area contributed by atoms with Crippen LogP contribution in [0.15, 0.2) is 29.3 Å². The molecule has 23 heavy (non-hydrogen) atoms. The number of nitrogens with zero attached hydrogens (tertiary/aromatic N) is 2. The monoisotopic (exact) mass is 320 g/mol. The van der Waals surface area contributed by atoms with Gasteiger partial charge in [0.25, 0.3) is 0 Å². The molecule has 0 saturated heterocycles. The molecular formula is C18H32N4O. The molecule has 1 aromatic rings. The van der Waals surface area contributed by atoms with Crippen LogP contribution in [0.1, 0.15) is 31.9 Å². The Morgan fingerprint density at radius 2 is 2.00 bits per heavy atom. The van der Waals surface area contributed by atoms with E-state index in [1.807, 2.05) is 12.1 Å². The van der Waals surface area contributed by atoms with Crippen molar-refractivity contribution >= 4 is 5.96 Å². The van der Waals surface area contributed by atoms with Crippen LogP contribution in [0.25, 0.3) is 0 Å². The van der Waals surface area contributed by atoms with Crippen LogP contribution in [0.5, 0.6) is 5.75 Å². The Balaban J connectivity index is 2.65. The van der Waals surface area contributed by atoms with Gasteiger partial charge in [-0.2, -0.15) is 0 Å². The summed E-state index contributed by atoms with van der Waals surface area (Å²) in [4.78, 5) is 6.49. The molecule has 0 amide bonds. The molecule has 1 unspecified atom stereocenters. The highest BCUT2D eigenvalue weighted by Gasteiger charge is 2.15. The van der Waals surface area contributed by atoms with Crippen molar-refractivity contribution in [1.29, 1.82) is 0 Å². The van der Waals surface area contributed by atoms with E-state index < -0.39 is 0 Å². The Labute approximate surface area is 141 Å². The first kappa shape index (κ1) is 19.3. The van der Waals surface area contributed by atoms with E-state index in [4.69, 9.17) is 4.74 Å². The quantitative estimate of drug-likeness (QED) is 0.571. The molecule has 0 spiro atoms. The summed E-state index contributed by atoms with van der Waals surface area (Å²) in [5, 5.41) is 6.78. The highest BCUT2D eigenvalue weighted by Crippen LogP contribution is 2.21. The Kier molecular flexibility index (Phi) is 8.48. The fraction of sp³-hybridized carbons (Fsp3) is 0.611. The molecule has 0 aliphatic carbocycles. The average molecular weight is 320 g/mol.